The van der Waals surface area contributed by atoms with Gasteiger partial charge in [0.15, 0.2) is 0 Å². The highest BCUT2D eigenvalue weighted by molar-refractivity contribution is 5.94. The molecule has 0 amide bonds. The second-order valence-electron chi connectivity index (χ2n) is 10.9. The summed E-state index contributed by atoms with van der Waals surface area (Å²) in [7, 11) is 0. The van der Waals surface area contributed by atoms with Crippen LogP contribution >= 0.6 is 0 Å². The summed E-state index contributed by atoms with van der Waals surface area (Å²) in [6.07, 6.45) is 0.517. The number of carbonyl (C=O) groups excluding carboxylic acids is 2. The van der Waals surface area contributed by atoms with Crippen LogP contribution in [-0.4, -0.2) is 64.4 Å². The molecule has 2 saturated heterocycles. The van der Waals surface area contributed by atoms with Crippen molar-refractivity contribution in [1.82, 2.24) is 10.2 Å². The van der Waals surface area contributed by atoms with Gasteiger partial charge in [0, 0.05) is 43.2 Å². The number of aliphatic hydroxyl groups is 2. The molecule has 0 unspecified atom stereocenters. The number of likely N-dealkylation sites (tertiary alicyclic amines) is 1. The molecule has 3 N–H and O–H groups in total. The Bertz CT molecular complexity index is 1240. The van der Waals surface area contributed by atoms with E-state index in [1.54, 1.807) is 12.1 Å². The SMILES string of the molecule is Cc1c([C@H](O)C[C@]23CN[C@@H](CN2C[C@H](O)c2ccc4c(c2)C[C@H](C)OC4=O)C3)ccc2c1COC2=O. The number of cyclic esters (lactones) is 2. The van der Waals surface area contributed by atoms with Crippen LogP contribution in [0.4, 0.5) is 0 Å². The van der Waals surface area contributed by atoms with Crippen molar-refractivity contribution in [2.75, 3.05) is 19.6 Å². The van der Waals surface area contributed by atoms with E-state index < -0.39 is 12.2 Å². The number of nitrogens with zero attached hydrogens (tertiary/aromatic N) is 1. The molecule has 0 aliphatic carbocycles. The fourth-order valence-electron chi connectivity index (χ4n) is 6.62. The normalized spacial score (nSPS) is 28.4. The summed E-state index contributed by atoms with van der Waals surface area (Å²) in [6.45, 7) is 6.08. The minimum Gasteiger partial charge on any atom is -0.459 e. The number of rotatable bonds is 6. The fourth-order valence-corrected chi connectivity index (χ4v) is 6.62. The first-order chi connectivity index (χ1) is 17.2. The van der Waals surface area contributed by atoms with E-state index in [9.17, 15) is 19.8 Å². The zero-order valence-electron chi connectivity index (χ0n) is 20.6. The molecular weight excluding hydrogens is 460 g/mol. The van der Waals surface area contributed by atoms with Crippen LogP contribution in [0.1, 0.15) is 80.5 Å². The van der Waals surface area contributed by atoms with Gasteiger partial charge in [-0.15, -0.1) is 0 Å². The number of fused-ring (bicyclic) bond motifs is 4. The minimum atomic E-state index is -0.707. The third-order valence-electron chi connectivity index (χ3n) is 8.54. The van der Waals surface area contributed by atoms with Gasteiger partial charge in [-0.1, -0.05) is 18.2 Å². The molecule has 6 rings (SSSR count). The van der Waals surface area contributed by atoms with Gasteiger partial charge in [-0.2, -0.15) is 0 Å². The number of aliphatic hydroxyl groups excluding tert-OH is 2. The predicted octanol–water partition coefficient (Wildman–Crippen LogP) is 2.34. The van der Waals surface area contributed by atoms with Crippen LogP contribution in [0, 0.1) is 6.92 Å². The van der Waals surface area contributed by atoms with Crippen LogP contribution in [0.25, 0.3) is 0 Å². The van der Waals surface area contributed by atoms with E-state index in [0.29, 0.717) is 36.6 Å². The average Bonchev–Trinajstić information content (AvgIpc) is 3.52. The Hall–Kier alpha value is -2.78. The second-order valence-corrected chi connectivity index (χ2v) is 10.9. The van der Waals surface area contributed by atoms with Gasteiger partial charge >= 0.3 is 11.9 Å². The summed E-state index contributed by atoms with van der Waals surface area (Å²) in [6, 6.07) is 9.43. The molecule has 0 saturated carbocycles. The van der Waals surface area contributed by atoms with Gasteiger partial charge in [-0.25, -0.2) is 9.59 Å². The van der Waals surface area contributed by atoms with Crippen LogP contribution in [0.2, 0.25) is 0 Å². The molecule has 8 heteroatoms. The predicted molar refractivity (Wildman–Crippen MR) is 131 cm³/mol. The highest BCUT2D eigenvalue weighted by Gasteiger charge is 2.51. The number of piperazine rings is 1. The third kappa shape index (κ3) is 3.84. The van der Waals surface area contributed by atoms with Crippen molar-refractivity contribution in [1.29, 1.82) is 0 Å². The molecule has 2 bridgehead atoms. The van der Waals surface area contributed by atoms with Gasteiger partial charge in [0.25, 0.3) is 0 Å². The van der Waals surface area contributed by atoms with E-state index in [4.69, 9.17) is 9.47 Å². The van der Waals surface area contributed by atoms with E-state index in [-0.39, 0.29) is 30.2 Å². The quantitative estimate of drug-likeness (QED) is 0.528. The average molecular weight is 493 g/mol. The molecule has 2 aromatic rings. The number of β-amino-alcohol motifs (C(OH)–C–C–N with tert-alkyl or cyclic N) is 1. The molecular formula is C28H32N2O6. The van der Waals surface area contributed by atoms with Crippen molar-refractivity contribution in [2.45, 2.75) is 69.6 Å². The fraction of sp³-hybridized carbons (Fsp3) is 0.500. The molecule has 4 aliphatic rings. The largest absolute Gasteiger partial charge is 0.459 e. The van der Waals surface area contributed by atoms with Crippen molar-refractivity contribution in [2.24, 2.45) is 0 Å². The number of nitrogens with one attached hydrogen (secondary N) is 1. The summed E-state index contributed by atoms with van der Waals surface area (Å²) >= 11 is 0. The van der Waals surface area contributed by atoms with Gasteiger partial charge in [0.05, 0.1) is 23.3 Å². The topological polar surface area (TPSA) is 108 Å². The number of hydrogen-bond acceptors (Lipinski definition) is 8. The Morgan fingerprint density at radius 1 is 1.14 bits per heavy atom. The van der Waals surface area contributed by atoms with Crippen LogP contribution < -0.4 is 5.32 Å². The molecule has 2 fully saturated rings. The number of esters is 2. The number of ether oxygens (including phenoxy) is 2. The van der Waals surface area contributed by atoms with E-state index in [1.807, 2.05) is 32.0 Å². The zero-order chi connectivity index (χ0) is 25.2. The van der Waals surface area contributed by atoms with E-state index in [2.05, 4.69) is 10.2 Å². The van der Waals surface area contributed by atoms with E-state index in [1.165, 1.54) is 0 Å². The van der Waals surface area contributed by atoms with Gasteiger partial charge < -0.3 is 25.0 Å². The minimum absolute atomic E-state index is 0.171. The highest BCUT2D eigenvalue weighted by Crippen LogP contribution is 2.43. The molecule has 36 heavy (non-hydrogen) atoms. The van der Waals surface area contributed by atoms with E-state index >= 15 is 0 Å². The molecule has 4 aliphatic heterocycles. The number of hydrogen-bond donors (Lipinski definition) is 3. The van der Waals surface area contributed by atoms with Crippen molar-refractivity contribution < 1.29 is 29.3 Å². The van der Waals surface area contributed by atoms with Crippen LogP contribution in [0.3, 0.4) is 0 Å². The smallest absolute Gasteiger partial charge is 0.338 e. The molecule has 190 valence electrons. The first-order valence-corrected chi connectivity index (χ1v) is 12.7. The van der Waals surface area contributed by atoms with Gasteiger partial charge in [0.1, 0.15) is 12.7 Å². The summed E-state index contributed by atoms with van der Waals surface area (Å²) < 4.78 is 10.5. The lowest BCUT2D eigenvalue weighted by molar-refractivity contribution is 0.0213. The van der Waals surface area contributed by atoms with Crippen LogP contribution in [0.15, 0.2) is 30.3 Å². The summed E-state index contributed by atoms with van der Waals surface area (Å²) in [5.74, 6) is -0.613. The first-order valence-electron chi connectivity index (χ1n) is 12.7. The Morgan fingerprint density at radius 2 is 1.94 bits per heavy atom. The monoisotopic (exact) mass is 492 g/mol. The maximum atomic E-state index is 12.2. The molecule has 4 heterocycles. The maximum Gasteiger partial charge on any atom is 0.338 e. The van der Waals surface area contributed by atoms with E-state index in [0.717, 1.165) is 47.3 Å². The Kier molecular flexibility index (Phi) is 5.68. The number of carbonyl (C=O) groups is 2. The van der Waals surface area contributed by atoms with Crippen molar-refractivity contribution in [3.05, 3.63) is 69.3 Å². The van der Waals surface area contributed by atoms with Gasteiger partial charge in [0.2, 0.25) is 0 Å². The maximum absolute atomic E-state index is 12.2. The van der Waals surface area contributed by atoms with Gasteiger partial charge in [-0.3, -0.25) is 4.90 Å². The first kappa shape index (κ1) is 23.6. The lowest BCUT2D eigenvalue weighted by atomic mass is 9.85. The zero-order valence-corrected chi connectivity index (χ0v) is 20.6. The lowest BCUT2D eigenvalue weighted by Gasteiger charge is -2.41. The Balaban J connectivity index is 1.20. The van der Waals surface area contributed by atoms with Crippen molar-refractivity contribution >= 4 is 11.9 Å². The molecule has 5 atom stereocenters. The van der Waals surface area contributed by atoms with Crippen molar-refractivity contribution in [3.8, 4) is 0 Å². The Labute approximate surface area is 210 Å². The standard InChI is InChI=1S/C28H32N2O6/c1-15-7-18-8-17(3-4-21(18)27(34)36-15)25(32)12-30-11-19-9-28(30,14-29-19)10-24(31)20-5-6-22-23(16(20)2)13-35-26(22)33/h3-6,8,15,19,24-25,29,31-32H,7,9-14H2,1-2H3/t15-,19+,24+,25-,28+/m0/s1. The highest BCUT2D eigenvalue weighted by atomic mass is 16.5. The second kappa shape index (κ2) is 8.66. The summed E-state index contributed by atoms with van der Waals surface area (Å²) in [4.78, 5) is 26.4. The lowest BCUT2D eigenvalue weighted by Crippen LogP contribution is -2.54. The molecule has 0 spiro atoms. The Morgan fingerprint density at radius 3 is 2.75 bits per heavy atom. The summed E-state index contributed by atoms with van der Waals surface area (Å²) in [5, 5.41) is 26.1. The van der Waals surface area contributed by atoms with Gasteiger partial charge in [-0.05, 0) is 61.1 Å². The molecule has 0 radical (unpaired) electrons. The van der Waals surface area contributed by atoms with Crippen molar-refractivity contribution in [3.63, 3.8) is 0 Å². The summed E-state index contributed by atoms with van der Waals surface area (Å²) in [5.41, 5.74) is 5.20. The van der Waals surface area contributed by atoms with Crippen LogP contribution in [0.5, 0.6) is 0 Å². The third-order valence-corrected chi connectivity index (χ3v) is 8.54. The molecule has 2 aromatic carbocycles. The molecule has 8 nitrogen and oxygen atoms in total. The molecule has 0 aromatic heterocycles. The van der Waals surface area contributed by atoms with Crippen LogP contribution in [-0.2, 0) is 22.5 Å². The number of benzene rings is 2.